The maximum absolute atomic E-state index is 13.3. The van der Waals surface area contributed by atoms with Crippen molar-refractivity contribution < 1.29 is 14.3 Å². The Bertz CT molecular complexity index is 1250. The molecule has 0 spiro atoms. The summed E-state index contributed by atoms with van der Waals surface area (Å²) in [6, 6.07) is 18.6. The molecule has 1 aromatic heterocycles. The number of methoxy groups -OCH3 is 1. The largest absolute Gasteiger partial charge is 0.497 e. The second kappa shape index (κ2) is 11.2. The van der Waals surface area contributed by atoms with Gasteiger partial charge in [0.2, 0.25) is 5.91 Å². The number of carbonyl (C=O) groups excluding carboxylic acids is 2. The molecule has 8 nitrogen and oxygen atoms in total. The van der Waals surface area contributed by atoms with E-state index in [1.165, 1.54) is 0 Å². The Morgan fingerprint density at radius 1 is 0.973 bits per heavy atom. The van der Waals surface area contributed by atoms with Crippen LogP contribution in [-0.4, -0.2) is 77.7 Å². The highest BCUT2D eigenvalue weighted by Gasteiger charge is 2.35. The first-order valence-electron chi connectivity index (χ1n) is 12.6. The lowest BCUT2D eigenvalue weighted by Crippen LogP contribution is -2.45. The Balaban J connectivity index is 1.20. The van der Waals surface area contributed by atoms with E-state index in [1.54, 1.807) is 36.3 Å². The van der Waals surface area contributed by atoms with Crippen molar-refractivity contribution in [3.8, 4) is 17.0 Å². The first kappa shape index (κ1) is 25.0. The van der Waals surface area contributed by atoms with Gasteiger partial charge in [-0.25, -0.2) is 0 Å². The predicted molar refractivity (Wildman–Crippen MR) is 143 cm³/mol. The van der Waals surface area contributed by atoms with Crippen LogP contribution in [0.2, 0.25) is 5.02 Å². The van der Waals surface area contributed by atoms with Crippen molar-refractivity contribution in [3.05, 3.63) is 71.2 Å². The van der Waals surface area contributed by atoms with Gasteiger partial charge in [0, 0.05) is 43.3 Å². The Kier molecular flexibility index (Phi) is 7.55. The molecule has 9 heteroatoms. The first-order chi connectivity index (χ1) is 18.0. The third-order valence-electron chi connectivity index (χ3n) is 6.86. The summed E-state index contributed by atoms with van der Waals surface area (Å²) in [6.45, 7) is 2.75. The van der Waals surface area contributed by atoms with E-state index in [-0.39, 0.29) is 24.4 Å². The number of halogens is 1. The summed E-state index contributed by atoms with van der Waals surface area (Å²) in [5.41, 5.74) is 2.14. The summed E-state index contributed by atoms with van der Waals surface area (Å²) in [4.78, 5) is 32.2. The van der Waals surface area contributed by atoms with Crippen molar-refractivity contribution in [2.75, 3.05) is 44.7 Å². The number of hydrogen-bond acceptors (Lipinski definition) is 6. The maximum atomic E-state index is 13.3. The van der Waals surface area contributed by atoms with Crippen molar-refractivity contribution in [1.29, 1.82) is 0 Å². The molecule has 2 aromatic carbocycles. The molecule has 2 amide bonds. The van der Waals surface area contributed by atoms with Crippen molar-refractivity contribution in [1.82, 2.24) is 20.0 Å². The number of carbonyl (C=O) groups is 2. The molecule has 2 aliphatic rings. The first-order valence-corrected chi connectivity index (χ1v) is 13.0. The molecule has 1 saturated heterocycles. The van der Waals surface area contributed by atoms with E-state index >= 15 is 0 Å². The molecule has 3 aromatic rings. The van der Waals surface area contributed by atoms with Crippen LogP contribution in [0.1, 0.15) is 29.6 Å². The fraction of sp³-hybridized carbons (Fsp3) is 0.357. The second-order valence-corrected chi connectivity index (χ2v) is 9.78. The number of benzene rings is 2. The molecule has 0 radical (unpaired) electrons. The Hall–Kier alpha value is -3.65. The summed E-state index contributed by atoms with van der Waals surface area (Å²) in [5, 5.41) is 9.46. The van der Waals surface area contributed by atoms with Crippen molar-refractivity contribution >= 4 is 29.2 Å². The van der Waals surface area contributed by atoms with Gasteiger partial charge in [0.1, 0.15) is 12.3 Å². The molecule has 1 aliphatic heterocycles. The number of ether oxygens (including phenoxy) is 1. The highest BCUT2D eigenvalue weighted by atomic mass is 35.5. The molecule has 192 valence electrons. The number of rotatable bonds is 7. The zero-order valence-electron chi connectivity index (χ0n) is 20.8. The number of anilines is 1. The molecule has 1 aliphatic carbocycles. The van der Waals surface area contributed by atoms with Gasteiger partial charge in [0.25, 0.3) is 5.91 Å². The van der Waals surface area contributed by atoms with Crippen LogP contribution in [-0.2, 0) is 4.79 Å². The number of aromatic nitrogens is 2. The highest BCUT2D eigenvalue weighted by Crippen LogP contribution is 2.29. The normalized spacial score (nSPS) is 15.7. The standard InChI is InChI=1S/C28H30ClN5O3/c1-37-22-11-7-20(8-12-22)28(36)34(21-9-10-21)19-27(35)33-16-4-15-32(17-18-33)26-14-13-25(30-31-26)23-5-2-3-6-24(23)29/h2-3,5-8,11-14,21H,4,9-10,15-19H2,1H3. The summed E-state index contributed by atoms with van der Waals surface area (Å²) in [6.07, 6.45) is 2.69. The van der Waals surface area contributed by atoms with Gasteiger partial charge in [-0.1, -0.05) is 29.8 Å². The average molecular weight is 520 g/mol. The van der Waals surface area contributed by atoms with E-state index in [0.717, 1.165) is 42.9 Å². The fourth-order valence-corrected chi connectivity index (χ4v) is 4.83. The van der Waals surface area contributed by atoms with Gasteiger partial charge >= 0.3 is 0 Å². The van der Waals surface area contributed by atoms with Crippen LogP contribution in [0.4, 0.5) is 5.82 Å². The van der Waals surface area contributed by atoms with Gasteiger partial charge in [-0.3, -0.25) is 9.59 Å². The maximum Gasteiger partial charge on any atom is 0.254 e. The van der Waals surface area contributed by atoms with Gasteiger partial charge in [-0.2, -0.15) is 0 Å². The predicted octanol–water partition coefficient (Wildman–Crippen LogP) is 4.15. The smallest absolute Gasteiger partial charge is 0.254 e. The summed E-state index contributed by atoms with van der Waals surface area (Å²) >= 11 is 6.30. The van der Waals surface area contributed by atoms with Crippen LogP contribution in [0.3, 0.4) is 0 Å². The zero-order valence-corrected chi connectivity index (χ0v) is 21.6. The highest BCUT2D eigenvalue weighted by molar-refractivity contribution is 6.33. The van der Waals surface area contributed by atoms with Crippen LogP contribution in [0.5, 0.6) is 5.75 Å². The van der Waals surface area contributed by atoms with Crippen LogP contribution in [0, 0.1) is 0 Å². The monoisotopic (exact) mass is 519 g/mol. The number of hydrogen-bond donors (Lipinski definition) is 0. The molecule has 5 rings (SSSR count). The molecule has 37 heavy (non-hydrogen) atoms. The Morgan fingerprint density at radius 2 is 1.76 bits per heavy atom. The quantitative estimate of drug-likeness (QED) is 0.466. The molecule has 0 bridgehead atoms. The molecule has 0 N–H and O–H groups in total. The minimum Gasteiger partial charge on any atom is -0.497 e. The van der Waals surface area contributed by atoms with Crippen LogP contribution in [0.25, 0.3) is 11.3 Å². The Morgan fingerprint density at radius 3 is 2.43 bits per heavy atom. The minimum absolute atomic E-state index is 0.0178. The minimum atomic E-state index is -0.108. The van der Waals surface area contributed by atoms with Gasteiger partial charge in [-0.05, 0) is 61.7 Å². The molecule has 2 heterocycles. The average Bonchev–Trinajstić information content (AvgIpc) is 3.79. The van der Waals surface area contributed by atoms with Crippen molar-refractivity contribution in [2.45, 2.75) is 25.3 Å². The molecule has 0 atom stereocenters. The number of nitrogens with zero attached hydrogens (tertiary/aromatic N) is 5. The van der Waals surface area contributed by atoms with E-state index in [9.17, 15) is 9.59 Å². The lowest BCUT2D eigenvalue weighted by atomic mass is 10.1. The van der Waals surface area contributed by atoms with Gasteiger partial charge in [0.05, 0.1) is 17.8 Å². The fourth-order valence-electron chi connectivity index (χ4n) is 4.60. The van der Waals surface area contributed by atoms with E-state index in [2.05, 4.69) is 15.1 Å². The number of amides is 2. The van der Waals surface area contributed by atoms with E-state index in [4.69, 9.17) is 16.3 Å². The third kappa shape index (κ3) is 5.85. The Labute approximate surface area is 221 Å². The van der Waals surface area contributed by atoms with E-state index in [1.807, 2.05) is 41.3 Å². The van der Waals surface area contributed by atoms with Crippen LogP contribution < -0.4 is 9.64 Å². The SMILES string of the molecule is COc1ccc(C(=O)N(CC(=O)N2CCCN(c3ccc(-c4ccccc4Cl)nn3)CC2)C2CC2)cc1. The third-order valence-corrected chi connectivity index (χ3v) is 7.19. The van der Waals surface area contributed by atoms with Crippen LogP contribution in [0.15, 0.2) is 60.7 Å². The zero-order chi connectivity index (χ0) is 25.8. The molecule has 2 fully saturated rings. The molecule has 1 saturated carbocycles. The second-order valence-electron chi connectivity index (χ2n) is 9.37. The lowest BCUT2D eigenvalue weighted by Gasteiger charge is -2.27. The summed E-state index contributed by atoms with van der Waals surface area (Å²) in [5.74, 6) is 1.35. The lowest BCUT2D eigenvalue weighted by molar-refractivity contribution is -0.131. The molecular weight excluding hydrogens is 490 g/mol. The molecular formula is C28H30ClN5O3. The molecule has 0 unspecified atom stereocenters. The summed E-state index contributed by atoms with van der Waals surface area (Å²) in [7, 11) is 1.59. The van der Waals surface area contributed by atoms with Gasteiger partial charge in [0.15, 0.2) is 5.82 Å². The van der Waals surface area contributed by atoms with E-state index < -0.39 is 0 Å². The van der Waals surface area contributed by atoms with Crippen molar-refractivity contribution in [2.24, 2.45) is 0 Å². The van der Waals surface area contributed by atoms with Crippen LogP contribution >= 0.6 is 11.6 Å². The van der Waals surface area contributed by atoms with E-state index in [0.29, 0.717) is 36.0 Å². The van der Waals surface area contributed by atoms with Crippen molar-refractivity contribution in [3.63, 3.8) is 0 Å². The summed E-state index contributed by atoms with van der Waals surface area (Å²) < 4.78 is 5.19. The van der Waals surface area contributed by atoms with Gasteiger partial charge in [-0.15, -0.1) is 10.2 Å². The topological polar surface area (TPSA) is 78.9 Å². The van der Waals surface area contributed by atoms with Gasteiger partial charge < -0.3 is 19.4 Å².